The number of nitrogens with zero attached hydrogens (tertiary/aromatic N) is 2. The number of methoxy groups -OCH3 is 1. The highest BCUT2D eigenvalue weighted by Gasteiger charge is 2.12. The van der Waals surface area contributed by atoms with Gasteiger partial charge in [0.05, 0.1) is 19.6 Å². The highest BCUT2D eigenvalue weighted by molar-refractivity contribution is 5.28. The molecule has 1 unspecified atom stereocenters. The van der Waals surface area contributed by atoms with Gasteiger partial charge in [0.1, 0.15) is 5.75 Å². The van der Waals surface area contributed by atoms with Gasteiger partial charge in [-0.25, -0.2) is 0 Å². The molecule has 2 rings (SSSR count). The first kappa shape index (κ1) is 12.6. The van der Waals surface area contributed by atoms with Crippen molar-refractivity contribution in [3.8, 4) is 5.75 Å². The molecule has 2 aromatic rings. The van der Waals surface area contributed by atoms with Crippen molar-refractivity contribution < 1.29 is 9.15 Å². The second-order valence-corrected chi connectivity index (χ2v) is 4.07. The molecule has 96 valence electrons. The number of rotatable bonds is 5. The van der Waals surface area contributed by atoms with Crippen LogP contribution in [0.4, 0.5) is 0 Å². The van der Waals surface area contributed by atoms with Gasteiger partial charge in [0, 0.05) is 0 Å². The van der Waals surface area contributed by atoms with Crippen LogP contribution in [0.1, 0.15) is 30.3 Å². The Balaban J connectivity index is 2.06. The van der Waals surface area contributed by atoms with Crippen LogP contribution in [-0.2, 0) is 6.42 Å². The van der Waals surface area contributed by atoms with Gasteiger partial charge in [0.25, 0.3) is 0 Å². The third-order valence-electron chi connectivity index (χ3n) is 2.80. The summed E-state index contributed by atoms with van der Waals surface area (Å²) in [7, 11) is 3.51. The first-order valence-corrected chi connectivity index (χ1v) is 5.85. The lowest BCUT2D eigenvalue weighted by atomic mass is 10.1. The van der Waals surface area contributed by atoms with E-state index in [1.807, 2.05) is 38.2 Å². The molecule has 1 N–H and O–H groups in total. The van der Waals surface area contributed by atoms with Gasteiger partial charge in [-0.05, 0) is 31.7 Å². The number of aromatic nitrogens is 2. The summed E-state index contributed by atoms with van der Waals surface area (Å²) in [6.45, 7) is 1.98. The second kappa shape index (κ2) is 5.64. The molecule has 18 heavy (non-hydrogen) atoms. The van der Waals surface area contributed by atoms with Gasteiger partial charge >= 0.3 is 0 Å². The lowest BCUT2D eigenvalue weighted by molar-refractivity contribution is 0.409. The molecule has 0 bridgehead atoms. The van der Waals surface area contributed by atoms with Crippen LogP contribution in [0.3, 0.4) is 0 Å². The van der Waals surface area contributed by atoms with E-state index in [2.05, 4.69) is 15.5 Å². The molecule has 1 aromatic heterocycles. The minimum atomic E-state index is 0.0714. The van der Waals surface area contributed by atoms with E-state index < -0.39 is 0 Å². The van der Waals surface area contributed by atoms with Crippen molar-refractivity contribution in [3.05, 3.63) is 41.6 Å². The maximum atomic E-state index is 5.58. The van der Waals surface area contributed by atoms with Crippen molar-refractivity contribution in [2.24, 2.45) is 0 Å². The van der Waals surface area contributed by atoms with E-state index in [4.69, 9.17) is 9.15 Å². The largest absolute Gasteiger partial charge is 0.497 e. The van der Waals surface area contributed by atoms with Crippen LogP contribution in [0.25, 0.3) is 0 Å². The van der Waals surface area contributed by atoms with Crippen molar-refractivity contribution in [1.82, 2.24) is 15.5 Å². The molecule has 0 aliphatic carbocycles. The third-order valence-corrected chi connectivity index (χ3v) is 2.80. The van der Waals surface area contributed by atoms with E-state index in [-0.39, 0.29) is 6.04 Å². The van der Waals surface area contributed by atoms with E-state index >= 15 is 0 Å². The van der Waals surface area contributed by atoms with Crippen molar-refractivity contribution in [3.63, 3.8) is 0 Å². The summed E-state index contributed by atoms with van der Waals surface area (Å²) in [5, 5.41) is 11.1. The molecule has 0 radical (unpaired) electrons. The molecule has 0 aliphatic heterocycles. The van der Waals surface area contributed by atoms with Gasteiger partial charge in [-0.1, -0.05) is 12.1 Å². The van der Waals surface area contributed by atoms with E-state index in [9.17, 15) is 0 Å². The van der Waals surface area contributed by atoms with Gasteiger partial charge in [-0.3, -0.25) is 0 Å². The van der Waals surface area contributed by atoms with Crippen LogP contribution in [0.15, 0.2) is 28.7 Å². The summed E-state index contributed by atoms with van der Waals surface area (Å²) in [5.74, 6) is 2.08. The molecular formula is C13H17N3O2. The van der Waals surface area contributed by atoms with Crippen LogP contribution >= 0.6 is 0 Å². The molecular weight excluding hydrogens is 230 g/mol. The lowest BCUT2D eigenvalue weighted by Gasteiger charge is -2.03. The molecule has 5 heteroatoms. The molecule has 0 saturated carbocycles. The Kier molecular flexibility index (Phi) is 3.94. The van der Waals surface area contributed by atoms with Gasteiger partial charge in [0.2, 0.25) is 11.8 Å². The highest BCUT2D eigenvalue weighted by atomic mass is 16.5. The molecule has 1 aromatic carbocycles. The van der Waals surface area contributed by atoms with E-state index in [0.29, 0.717) is 18.2 Å². The predicted molar refractivity (Wildman–Crippen MR) is 67.6 cm³/mol. The zero-order chi connectivity index (χ0) is 13.0. The van der Waals surface area contributed by atoms with E-state index in [1.54, 1.807) is 7.11 Å². The monoisotopic (exact) mass is 247 g/mol. The van der Waals surface area contributed by atoms with Crippen molar-refractivity contribution in [2.45, 2.75) is 19.4 Å². The minimum absolute atomic E-state index is 0.0714. The second-order valence-electron chi connectivity index (χ2n) is 4.07. The zero-order valence-corrected chi connectivity index (χ0v) is 10.8. The summed E-state index contributed by atoms with van der Waals surface area (Å²) < 4.78 is 10.7. The molecule has 0 amide bonds. The molecule has 0 spiro atoms. The molecule has 5 nitrogen and oxygen atoms in total. The van der Waals surface area contributed by atoms with Gasteiger partial charge in [-0.15, -0.1) is 10.2 Å². The van der Waals surface area contributed by atoms with Crippen molar-refractivity contribution in [2.75, 3.05) is 14.2 Å². The highest BCUT2D eigenvalue weighted by Crippen LogP contribution is 2.16. The Morgan fingerprint density at radius 2 is 2.00 bits per heavy atom. The third kappa shape index (κ3) is 2.87. The maximum Gasteiger partial charge on any atom is 0.233 e. The minimum Gasteiger partial charge on any atom is -0.497 e. The van der Waals surface area contributed by atoms with Crippen LogP contribution in [0.5, 0.6) is 5.75 Å². The Labute approximate surface area is 106 Å². The number of hydrogen-bond donors (Lipinski definition) is 1. The summed E-state index contributed by atoms with van der Waals surface area (Å²) in [5.41, 5.74) is 1.11. The predicted octanol–water partition coefficient (Wildman–Crippen LogP) is 1.95. The molecule has 1 heterocycles. The number of hydrogen-bond acceptors (Lipinski definition) is 5. The standard InChI is InChI=1S/C13H17N3O2/c1-9(14-2)13-16-15-12(18-13)8-10-4-6-11(17-3)7-5-10/h4-7,9,14H,8H2,1-3H3. The van der Waals surface area contributed by atoms with Gasteiger partial charge in [0.15, 0.2) is 0 Å². The Morgan fingerprint density at radius 1 is 1.28 bits per heavy atom. The van der Waals surface area contributed by atoms with Gasteiger partial charge < -0.3 is 14.5 Å². The van der Waals surface area contributed by atoms with Crippen LogP contribution < -0.4 is 10.1 Å². The van der Waals surface area contributed by atoms with Crippen LogP contribution in [-0.4, -0.2) is 24.4 Å². The summed E-state index contributed by atoms with van der Waals surface area (Å²) >= 11 is 0. The average molecular weight is 247 g/mol. The average Bonchev–Trinajstić information content (AvgIpc) is 2.87. The normalized spacial score (nSPS) is 12.4. The Hall–Kier alpha value is -1.88. The van der Waals surface area contributed by atoms with Crippen molar-refractivity contribution >= 4 is 0 Å². The van der Waals surface area contributed by atoms with E-state index in [1.165, 1.54) is 0 Å². The SMILES string of the molecule is CNC(C)c1nnc(Cc2ccc(OC)cc2)o1. The smallest absolute Gasteiger partial charge is 0.233 e. The van der Waals surface area contributed by atoms with Crippen LogP contribution in [0.2, 0.25) is 0 Å². The molecule has 0 saturated heterocycles. The van der Waals surface area contributed by atoms with Crippen molar-refractivity contribution in [1.29, 1.82) is 0 Å². The Morgan fingerprint density at radius 3 is 2.61 bits per heavy atom. The lowest BCUT2D eigenvalue weighted by Crippen LogP contribution is -2.12. The molecule has 0 aliphatic rings. The fourth-order valence-corrected chi connectivity index (χ4v) is 1.55. The molecule has 0 fully saturated rings. The molecule has 1 atom stereocenters. The number of benzene rings is 1. The fourth-order valence-electron chi connectivity index (χ4n) is 1.55. The first-order chi connectivity index (χ1) is 8.72. The topological polar surface area (TPSA) is 60.2 Å². The fraction of sp³-hybridized carbons (Fsp3) is 0.385. The van der Waals surface area contributed by atoms with Gasteiger partial charge in [-0.2, -0.15) is 0 Å². The zero-order valence-electron chi connectivity index (χ0n) is 10.8. The summed E-state index contributed by atoms with van der Waals surface area (Å²) in [6, 6.07) is 7.89. The number of ether oxygens (including phenoxy) is 1. The summed E-state index contributed by atoms with van der Waals surface area (Å²) in [4.78, 5) is 0. The van der Waals surface area contributed by atoms with E-state index in [0.717, 1.165) is 11.3 Å². The van der Waals surface area contributed by atoms with Crippen LogP contribution in [0, 0.1) is 0 Å². The maximum absolute atomic E-state index is 5.58. The first-order valence-electron chi connectivity index (χ1n) is 5.85. The quantitative estimate of drug-likeness (QED) is 0.875. The summed E-state index contributed by atoms with van der Waals surface area (Å²) in [6.07, 6.45) is 0.632. The Bertz CT molecular complexity index is 493. The number of nitrogens with one attached hydrogen (secondary N) is 1.